The van der Waals surface area contributed by atoms with E-state index in [1.54, 1.807) is 30.3 Å². The van der Waals surface area contributed by atoms with Gasteiger partial charge in [0.2, 0.25) is 0 Å². The van der Waals surface area contributed by atoms with Crippen molar-refractivity contribution in [3.05, 3.63) is 101 Å². The summed E-state index contributed by atoms with van der Waals surface area (Å²) >= 11 is 0. The van der Waals surface area contributed by atoms with E-state index >= 15 is 0 Å². The number of aliphatic imine (C=N–C) groups is 1. The summed E-state index contributed by atoms with van der Waals surface area (Å²) in [6, 6.07) is 12.2. The largest absolute Gasteiger partial charge is 0.417 e. The molecule has 0 unspecified atom stereocenters. The van der Waals surface area contributed by atoms with E-state index in [4.69, 9.17) is 5.73 Å². The lowest BCUT2D eigenvalue weighted by Crippen LogP contribution is -2.33. The maximum Gasteiger partial charge on any atom is 0.417 e. The molecule has 2 heterocycles. The van der Waals surface area contributed by atoms with Gasteiger partial charge in [-0.15, -0.1) is 0 Å². The summed E-state index contributed by atoms with van der Waals surface area (Å²) in [6.45, 7) is 3.07. The van der Waals surface area contributed by atoms with E-state index in [2.05, 4.69) is 25.3 Å². The smallest absolute Gasteiger partial charge is 0.397 e. The number of pyridine rings is 1. The van der Waals surface area contributed by atoms with Crippen molar-refractivity contribution in [2.24, 2.45) is 4.99 Å². The zero-order chi connectivity index (χ0) is 28.4. The lowest BCUT2D eigenvalue weighted by molar-refractivity contribution is -0.137. The molecule has 0 aliphatic rings. The second kappa shape index (κ2) is 10.6. The molecule has 200 valence electrons. The molecule has 0 aliphatic carbocycles. The Morgan fingerprint density at radius 1 is 1.00 bits per heavy atom. The van der Waals surface area contributed by atoms with E-state index in [0.29, 0.717) is 11.3 Å². The number of halogens is 4. The Kier molecular flexibility index (Phi) is 7.41. The first kappa shape index (κ1) is 27.3. The van der Waals surface area contributed by atoms with Crippen LogP contribution in [0.4, 0.5) is 28.9 Å². The van der Waals surface area contributed by atoms with Crippen molar-refractivity contribution in [1.82, 2.24) is 20.3 Å². The molecule has 0 atom stereocenters. The first-order chi connectivity index (χ1) is 18.3. The van der Waals surface area contributed by atoms with Gasteiger partial charge in [0.05, 0.1) is 28.1 Å². The highest BCUT2D eigenvalue weighted by Gasteiger charge is 2.36. The molecule has 0 spiro atoms. The molecule has 1 amide bonds. The molecule has 39 heavy (non-hydrogen) atoms. The minimum atomic E-state index is -4.94. The summed E-state index contributed by atoms with van der Waals surface area (Å²) in [5.41, 5.74) is 3.07. The van der Waals surface area contributed by atoms with Crippen LogP contribution in [0.25, 0.3) is 11.4 Å². The average molecular weight is 539 g/mol. The number of aromatic nitrogens is 3. The number of benzene rings is 2. The quantitative estimate of drug-likeness (QED) is 0.186. The van der Waals surface area contributed by atoms with Gasteiger partial charge in [0.1, 0.15) is 11.5 Å². The first-order valence-electron chi connectivity index (χ1n) is 11.5. The number of aliphatic hydroxyl groups is 1. The number of para-hydroxylation sites is 1. The van der Waals surface area contributed by atoms with Crippen molar-refractivity contribution in [3.8, 4) is 11.4 Å². The molecule has 4 aromatic rings. The second-order valence-electron chi connectivity index (χ2n) is 8.92. The van der Waals surface area contributed by atoms with Crippen molar-refractivity contribution in [2.75, 3.05) is 5.73 Å². The minimum absolute atomic E-state index is 0.000797. The molecule has 4 rings (SSSR count). The normalized spacial score (nSPS) is 12.3. The topological polar surface area (TPSA) is 126 Å². The molecule has 0 saturated carbocycles. The Labute approximate surface area is 220 Å². The molecule has 2 aromatic heterocycles. The fourth-order valence-electron chi connectivity index (χ4n) is 3.57. The van der Waals surface area contributed by atoms with Crippen LogP contribution in [0.3, 0.4) is 0 Å². The molecular weight excluding hydrogens is 516 g/mol. The number of rotatable bonds is 5. The van der Waals surface area contributed by atoms with E-state index < -0.39 is 40.2 Å². The molecule has 0 fully saturated rings. The third-order valence-corrected chi connectivity index (χ3v) is 5.54. The maximum absolute atomic E-state index is 15.0. The molecule has 12 heteroatoms. The van der Waals surface area contributed by atoms with Crippen LogP contribution in [0.5, 0.6) is 0 Å². The molecule has 0 saturated heterocycles. The van der Waals surface area contributed by atoms with Crippen molar-refractivity contribution < 1.29 is 27.5 Å². The minimum Gasteiger partial charge on any atom is -0.397 e. The van der Waals surface area contributed by atoms with Gasteiger partial charge < -0.3 is 16.2 Å². The van der Waals surface area contributed by atoms with Gasteiger partial charge in [-0.25, -0.2) is 19.4 Å². The van der Waals surface area contributed by atoms with Crippen LogP contribution in [0.1, 0.15) is 41.0 Å². The zero-order valence-electron chi connectivity index (χ0n) is 20.7. The van der Waals surface area contributed by atoms with Crippen LogP contribution >= 0.6 is 0 Å². The highest BCUT2D eigenvalue weighted by molar-refractivity contribution is 6.14. The first-order valence-corrected chi connectivity index (χ1v) is 11.5. The number of amidine groups is 1. The molecule has 0 radical (unpaired) electrons. The number of nitrogens with one attached hydrogen (secondary N) is 1. The Morgan fingerprint density at radius 3 is 2.26 bits per heavy atom. The number of hydrogen-bond donors (Lipinski definition) is 3. The van der Waals surface area contributed by atoms with Gasteiger partial charge in [-0.3, -0.25) is 9.78 Å². The standard InChI is InChI=1S/C27H22F4N6O2/c1-26(2,39)15-11-21(32)22(35-14-15)24(36-16-7-4-3-5-8-16)37-25(38)18-12-17(23-33-9-6-10-34-23)19(13-20(18)28)27(29,30)31/h3-14,39H,32H2,1-2H3,(H,36,37,38). The molecule has 0 aliphatic heterocycles. The average Bonchev–Trinajstić information content (AvgIpc) is 2.88. The van der Waals surface area contributed by atoms with Crippen LogP contribution in [0.2, 0.25) is 0 Å². The summed E-state index contributed by atoms with van der Waals surface area (Å²) < 4.78 is 56.1. The van der Waals surface area contributed by atoms with Gasteiger partial charge in [0.25, 0.3) is 5.91 Å². The fraction of sp³-hybridized carbons (Fsp3) is 0.148. The molecular formula is C27H22F4N6O2. The molecule has 4 N–H and O–H groups in total. The number of nitrogens with zero attached hydrogens (tertiary/aromatic N) is 4. The second-order valence-corrected chi connectivity index (χ2v) is 8.92. The number of hydrogen-bond acceptors (Lipinski definition) is 7. The third-order valence-electron chi connectivity index (χ3n) is 5.54. The van der Waals surface area contributed by atoms with Gasteiger partial charge in [-0.1, -0.05) is 18.2 Å². The van der Waals surface area contributed by atoms with E-state index in [1.165, 1.54) is 44.6 Å². The van der Waals surface area contributed by atoms with Crippen LogP contribution in [0.15, 0.2) is 78.2 Å². The fourth-order valence-corrected chi connectivity index (χ4v) is 3.57. The number of amides is 1. The summed E-state index contributed by atoms with van der Waals surface area (Å²) in [6.07, 6.45) is -1.16. The Bertz CT molecular complexity index is 1540. The summed E-state index contributed by atoms with van der Waals surface area (Å²) in [5.74, 6) is -3.06. The van der Waals surface area contributed by atoms with E-state index in [9.17, 15) is 27.5 Å². The van der Waals surface area contributed by atoms with Gasteiger partial charge in [0.15, 0.2) is 11.7 Å². The highest BCUT2D eigenvalue weighted by Crippen LogP contribution is 2.37. The zero-order valence-corrected chi connectivity index (χ0v) is 20.7. The SMILES string of the molecule is CC(C)(O)c1cnc(C(=Nc2ccccc2)NC(=O)c2cc(-c3ncccn3)c(C(F)(F)F)cc2F)c(N)c1. The molecule has 8 nitrogen and oxygen atoms in total. The van der Waals surface area contributed by atoms with Crippen LogP contribution < -0.4 is 11.1 Å². The number of carbonyl (C=O) groups excluding carboxylic acids is 1. The van der Waals surface area contributed by atoms with Crippen molar-refractivity contribution in [3.63, 3.8) is 0 Å². The van der Waals surface area contributed by atoms with Gasteiger partial charge in [0, 0.05) is 29.7 Å². The maximum atomic E-state index is 15.0. The number of alkyl halides is 3. The number of anilines is 1. The predicted octanol–water partition coefficient (Wildman–Crippen LogP) is 5.01. The lowest BCUT2D eigenvalue weighted by atomic mass is 9.99. The lowest BCUT2D eigenvalue weighted by Gasteiger charge is -2.19. The molecule has 2 aromatic carbocycles. The van der Waals surface area contributed by atoms with Gasteiger partial charge in [-0.05, 0) is 50.2 Å². The number of carbonyl (C=O) groups is 1. The highest BCUT2D eigenvalue weighted by atomic mass is 19.4. The Morgan fingerprint density at radius 2 is 1.67 bits per heavy atom. The van der Waals surface area contributed by atoms with Gasteiger partial charge >= 0.3 is 6.18 Å². The number of nitrogens with two attached hydrogens (primary N) is 1. The third kappa shape index (κ3) is 6.24. The van der Waals surface area contributed by atoms with Crippen LogP contribution in [-0.4, -0.2) is 31.8 Å². The monoisotopic (exact) mass is 538 g/mol. The van der Waals surface area contributed by atoms with Crippen molar-refractivity contribution >= 4 is 23.1 Å². The Balaban J connectivity index is 1.81. The van der Waals surface area contributed by atoms with E-state index in [1.807, 2.05) is 0 Å². The van der Waals surface area contributed by atoms with E-state index in [0.717, 1.165) is 6.07 Å². The van der Waals surface area contributed by atoms with Crippen LogP contribution in [0, 0.1) is 5.82 Å². The van der Waals surface area contributed by atoms with Gasteiger partial charge in [-0.2, -0.15) is 13.2 Å². The summed E-state index contributed by atoms with van der Waals surface area (Å²) in [5, 5.41) is 12.7. The summed E-state index contributed by atoms with van der Waals surface area (Å²) in [7, 11) is 0. The molecule has 0 bridgehead atoms. The van der Waals surface area contributed by atoms with Crippen molar-refractivity contribution in [1.29, 1.82) is 0 Å². The van der Waals surface area contributed by atoms with Crippen LogP contribution in [-0.2, 0) is 11.8 Å². The number of nitrogen functional groups attached to an aromatic ring is 1. The van der Waals surface area contributed by atoms with Crippen molar-refractivity contribution in [2.45, 2.75) is 25.6 Å². The van der Waals surface area contributed by atoms with E-state index in [-0.39, 0.29) is 29.1 Å². The predicted molar refractivity (Wildman–Crippen MR) is 136 cm³/mol. The Hall–Kier alpha value is -4.71. The summed E-state index contributed by atoms with van der Waals surface area (Å²) in [4.78, 5) is 29.5.